The molecule has 0 fully saturated rings. The van der Waals surface area contributed by atoms with E-state index in [2.05, 4.69) is 5.32 Å². The van der Waals surface area contributed by atoms with Gasteiger partial charge in [-0.3, -0.25) is 9.59 Å². The summed E-state index contributed by atoms with van der Waals surface area (Å²) in [6, 6.07) is 7.73. The predicted molar refractivity (Wildman–Crippen MR) is 117 cm³/mol. The zero-order chi connectivity index (χ0) is 22.9. The van der Waals surface area contributed by atoms with Crippen LogP contribution in [-0.4, -0.2) is 45.5 Å². The summed E-state index contributed by atoms with van der Waals surface area (Å²) in [6.07, 6.45) is 0.514. The lowest BCUT2D eigenvalue weighted by molar-refractivity contribution is -0.151. The second-order valence-electron chi connectivity index (χ2n) is 8.24. The van der Waals surface area contributed by atoms with Crippen molar-refractivity contribution >= 4 is 23.4 Å². The van der Waals surface area contributed by atoms with Gasteiger partial charge in [0.1, 0.15) is 5.92 Å². The van der Waals surface area contributed by atoms with Gasteiger partial charge in [0.2, 0.25) is 0 Å². The molecule has 2 aliphatic rings. The van der Waals surface area contributed by atoms with Crippen LogP contribution in [-0.2, 0) is 23.9 Å². The van der Waals surface area contributed by atoms with Crippen molar-refractivity contribution in [2.24, 2.45) is 11.8 Å². The van der Waals surface area contributed by atoms with E-state index >= 15 is 0 Å². The first-order valence-corrected chi connectivity index (χ1v) is 10.5. The van der Waals surface area contributed by atoms with E-state index in [1.807, 2.05) is 57.1 Å². The van der Waals surface area contributed by atoms with E-state index < -0.39 is 23.8 Å². The van der Waals surface area contributed by atoms with Crippen molar-refractivity contribution in [1.82, 2.24) is 5.32 Å². The average Bonchev–Trinajstić information content (AvgIpc) is 2.72. The first-order valence-electron chi connectivity index (χ1n) is 10.5. The highest BCUT2D eigenvalue weighted by Crippen LogP contribution is 2.45. The Morgan fingerprint density at radius 3 is 2.39 bits per heavy atom. The van der Waals surface area contributed by atoms with Gasteiger partial charge in [-0.25, -0.2) is 4.79 Å². The number of dihydropyridines is 1. The summed E-state index contributed by atoms with van der Waals surface area (Å²) in [6.45, 7) is 5.66. The number of esters is 2. The van der Waals surface area contributed by atoms with Gasteiger partial charge in [-0.1, -0.05) is 19.1 Å². The molecule has 31 heavy (non-hydrogen) atoms. The lowest BCUT2D eigenvalue weighted by atomic mass is 9.69. The molecule has 0 unspecified atom stereocenters. The Kier molecular flexibility index (Phi) is 6.53. The second-order valence-corrected chi connectivity index (χ2v) is 8.24. The number of hydrogen-bond acceptors (Lipinski definition) is 7. The summed E-state index contributed by atoms with van der Waals surface area (Å²) >= 11 is 0. The molecule has 0 radical (unpaired) electrons. The molecule has 0 aromatic heterocycles. The molecule has 0 saturated heterocycles. The molecule has 1 heterocycles. The Morgan fingerprint density at radius 1 is 1.19 bits per heavy atom. The van der Waals surface area contributed by atoms with Gasteiger partial charge in [0, 0.05) is 42.7 Å². The highest BCUT2D eigenvalue weighted by molar-refractivity contribution is 6.12. The normalized spacial score (nSPS) is 23.2. The summed E-state index contributed by atoms with van der Waals surface area (Å²) in [5.41, 5.74) is 4.06. The zero-order valence-corrected chi connectivity index (χ0v) is 18.9. The minimum Gasteiger partial charge on any atom is -0.468 e. The number of rotatable bonds is 5. The number of nitrogens with zero attached hydrogens (tertiary/aromatic N) is 1. The number of methoxy groups -OCH3 is 1. The lowest BCUT2D eigenvalue weighted by Gasteiger charge is -2.38. The van der Waals surface area contributed by atoms with Crippen LogP contribution in [0.25, 0.3) is 0 Å². The van der Waals surface area contributed by atoms with E-state index in [1.54, 1.807) is 6.92 Å². The molecule has 1 aromatic carbocycles. The third kappa shape index (κ3) is 4.09. The zero-order valence-electron chi connectivity index (χ0n) is 18.9. The third-order valence-corrected chi connectivity index (χ3v) is 5.98. The SMILES string of the molecule is CCOC(=O)C1=C(C)NC2=C(C(=O)[C@@H](C(=O)OC)[C@@H](C)C2)[C@H]1c1ccc(N(C)C)cc1. The van der Waals surface area contributed by atoms with Gasteiger partial charge in [0.25, 0.3) is 0 Å². The number of nitrogens with one attached hydrogen (secondary N) is 1. The summed E-state index contributed by atoms with van der Waals surface area (Å²) in [5.74, 6) is -3.03. The van der Waals surface area contributed by atoms with Gasteiger partial charge in [-0.15, -0.1) is 0 Å². The molecule has 0 spiro atoms. The van der Waals surface area contributed by atoms with Crippen LogP contribution in [0.3, 0.4) is 0 Å². The fourth-order valence-corrected chi connectivity index (χ4v) is 4.46. The van der Waals surface area contributed by atoms with Crippen molar-refractivity contribution in [2.75, 3.05) is 32.7 Å². The molecule has 3 atom stereocenters. The first kappa shape index (κ1) is 22.6. The molecule has 1 aliphatic carbocycles. The van der Waals surface area contributed by atoms with Crippen molar-refractivity contribution in [2.45, 2.75) is 33.1 Å². The number of allylic oxidation sites excluding steroid dienone is 3. The number of ether oxygens (including phenoxy) is 2. The van der Waals surface area contributed by atoms with Crippen molar-refractivity contribution in [3.63, 3.8) is 0 Å². The molecule has 1 N–H and O–H groups in total. The van der Waals surface area contributed by atoms with E-state index in [9.17, 15) is 14.4 Å². The molecule has 0 saturated carbocycles. The number of carbonyl (C=O) groups excluding carboxylic acids is 3. The Balaban J connectivity index is 2.17. The molecule has 1 aromatic rings. The van der Waals surface area contributed by atoms with Gasteiger partial charge in [0.15, 0.2) is 5.78 Å². The molecule has 7 heteroatoms. The summed E-state index contributed by atoms with van der Waals surface area (Å²) < 4.78 is 10.2. The maximum absolute atomic E-state index is 13.6. The fraction of sp³-hybridized carbons (Fsp3) is 0.458. The Morgan fingerprint density at radius 2 is 1.84 bits per heavy atom. The number of hydrogen-bond donors (Lipinski definition) is 1. The fourth-order valence-electron chi connectivity index (χ4n) is 4.46. The largest absolute Gasteiger partial charge is 0.468 e. The quantitative estimate of drug-likeness (QED) is 0.572. The highest BCUT2D eigenvalue weighted by atomic mass is 16.5. The average molecular weight is 427 g/mol. The Labute approximate surface area is 183 Å². The van der Waals surface area contributed by atoms with Crippen LogP contribution in [0.4, 0.5) is 5.69 Å². The van der Waals surface area contributed by atoms with Crippen LogP contribution in [0.5, 0.6) is 0 Å². The predicted octanol–water partition coefficient (Wildman–Crippen LogP) is 2.93. The van der Waals surface area contributed by atoms with Crippen LogP contribution < -0.4 is 10.2 Å². The maximum atomic E-state index is 13.6. The van der Waals surface area contributed by atoms with Gasteiger partial charge in [0.05, 0.1) is 19.3 Å². The number of ketones is 1. The van der Waals surface area contributed by atoms with Crippen LogP contribution in [0.1, 0.15) is 38.7 Å². The molecular weight excluding hydrogens is 396 g/mol. The minimum absolute atomic E-state index is 0.208. The van der Waals surface area contributed by atoms with Crippen molar-refractivity contribution in [3.05, 3.63) is 52.4 Å². The number of carbonyl (C=O) groups is 3. The van der Waals surface area contributed by atoms with Crippen LogP contribution in [0, 0.1) is 11.8 Å². The van der Waals surface area contributed by atoms with Crippen molar-refractivity contribution in [1.29, 1.82) is 0 Å². The maximum Gasteiger partial charge on any atom is 0.336 e. The molecule has 3 rings (SSSR count). The minimum atomic E-state index is -0.893. The molecule has 0 amide bonds. The lowest BCUT2D eigenvalue weighted by Crippen LogP contribution is -2.43. The first-order chi connectivity index (χ1) is 14.7. The Hall–Kier alpha value is -3.09. The van der Waals surface area contributed by atoms with Crippen LogP contribution >= 0.6 is 0 Å². The Bertz CT molecular complexity index is 959. The van der Waals surface area contributed by atoms with E-state index in [-0.39, 0.29) is 18.3 Å². The van der Waals surface area contributed by atoms with Gasteiger partial charge in [-0.05, 0) is 43.9 Å². The van der Waals surface area contributed by atoms with Gasteiger partial charge in [-0.2, -0.15) is 0 Å². The summed E-state index contributed by atoms with van der Waals surface area (Å²) in [7, 11) is 5.18. The standard InChI is InChI=1S/C24H30N2O5/c1-7-31-24(29)19-14(3)25-17-12-13(2)18(23(28)30-6)22(27)21(17)20(19)15-8-10-16(11-9-15)26(4)5/h8-11,13,18,20,25H,7,12H2,1-6H3/t13-,18-,20-/m0/s1. The monoisotopic (exact) mass is 426 g/mol. The van der Waals surface area contributed by atoms with Crippen molar-refractivity contribution in [3.8, 4) is 0 Å². The summed E-state index contributed by atoms with van der Waals surface area (Å²) in [5, 5.41) is 3.25. The van der Waals surface area contributed by atoms with Crippen LogP contribution in [0.2, 0.25) is 0 Å². The van der Waals surface area contributed by atoms with E-state index in [1.165, 1.54) is 7.11 Å². The third-order valence-electron chi connectivity index (χ3n) is 5.98. The van der Waals surface area contributed by atoms with E-state index in [4.69, 9.17) is 9.47 Å². The highest BCUT2D eigenvalue weighted by Gasteiger charge is 2.47. The molecular formula is C24H30N2O5. The summed E-state index contributed by atoms with van der Waals surface area (Å²) in [4.78, 5) is 40.9. The van der Waals surface area contributed by atoms with Crippen LogP contribution in [0.15, 0.2) is 46.8 Å². The second kappa shape index (κ2) is 8.96. The van der Waals surface area contributed by atoms with E-state index in [0.29, 0.717) is 23.3 Å². The van der Waals surface area contributed by atoms with E-state index in [0.717, 1.165) is 16.9 Å². The van der Waals surface area contributed by atoms with Gasteiger partial charge < -0.3 is 19.7 Å². The van der Waals surface area contributed by atoms with Crippen molar-refractivity contribution < 1.29 is 23.9 Å². The van der Waals surface area contributed by atoms with Gasteiger partial charge >= 0.3 is 11.9 Å². The number of benzene rings is 1. The molecule has 166 valence electrons. The smallest absolute Gasteiger partial charge is 0.336 e. The molecule has 0 bridgehead atoms. The number of anilines is 1. The molecule has 7 nitrogen and oxygen atoms in total. The topological polar surface area (TPSA) is 84.9 Å². The number of Topliss-reactive ketones (excluding diaryl/α,β-unsaturated/α-hetero) is 1. The molecule has 1 aliphatic heterocycles.